The summed E-state index contributed by atoms with van der Waals surface area (Å²) in [6.07, 6.45) is -0.265. The number of fused-ring (bicyclic) bond motifs is 4. The smallest absolute Gasteiger partial charge is 0.164 e. The van der Waals surface area contributed by atoms with Crippen molar-refractivity contribution in [2.24, 2.45) is 4.99 Å². The minimum absolute atomic E-state index is 0.133. The highest BCUT2D eigenvalue weighted by molar-refractivity contribution is 5.81. The van der Waals surface area contributed by atoms with Gasteiger partial charge in [0.15, 0.2) is 23.6 Å². The van der Waals surface area contributed by atoms with Crippen molar-refractivity contribution in [3.8, 4) is 51.0 Å². The van der Waals surface area contributed by atoms with Crippen molar-refractivity contribution < 1.29 is 4.74 Å². The van der Waals surface area contributed by atoms with Gasteiger partial charge >= 0.3 is 0 Å². The molecule has 0 N–H and O–H groups in total. The lowest BCUT2D eigenvalue weighted by atomic mass is 9.87. The highest BCUT2D eigenvalue weighted by Gasteiger charge is 2.39. The van der Waals surface area contributed by atoms with Crippen LogP contribution in [0.2, 0.25) is 0 Å². The monoisotopic (exact) mass is 604 g/mol. The van der Waals surface area contributed by atoms with E-state index in [2.05, 4.69) is 78.9 Å². The standard InChI is InChI=1S/C42H28N4O/c1-4-14-27(15-5-1)30-24-31(37-33-20-10-12-22-35(33)43-38-34-21-11-13-23-36(34)47-39(37)38)26-32(25-30)42-45-40(28-16-6-2-7-17-28)44-41(46-42)29-18-8-3-9-19-29/h1-26,38-39H. The molecule has 3 heterocycles. The largest absolute Gasteiger partial charge is 0.483 e. The Morgan fingerprint density at radius 3 is 1.62 bits per heavy atom. The van der Waals surface area contributed by atoms with Gasteiger partial charge in [-0.05, 0) is 47.0 Å². The van der Waals surface area contributed by atoms with Gasteiger partial charge < -0.3 is 4.74 Å². The summed E-state index contributed by atoms with van der Waals surface area (Å²) in [5.41, 5.74) is 8.22. The minimum atomic E-state index is -0.265. The van der Waals surface area contributed by atoms with Gasteiger partial charge in [0.25, 0.3) is 0 Å². The average Bonchev–Trinajstić information content (AvgIpc) is 3.52. The number of hydrogen-bond donors (Lipinski definition) is 0. The summed E-state index contributed by atoms with van der Waals surface area (Å²) in [6.45, 7) is 0. The zero-order chi connectivity index (χ0) is 31.2. The molecule has 6 aromatic carbocycles. The van der Waals surface area contributed by atoms with E-state index in [0.717, 1.165) is 60.8 Å². The van der Waals surface area contributed by atoms with Gasteiger partial charge in [-0.2, -0.15) is 0 Å². The number of rotatable bonds is 5. The predicted octanol–water partition coefficient (Wildman–Crippen LogP) is 7.87. The van der Waals surface area contributed by atoms with E-state index in [0.29, 0.717) is 17.5 Å². The molecule has 0 saturated carbocycles. The molecule has 0 saturated heterocycles. The summed E-state index contributed by atoms with van der Waals surface area (Å²) < 4.78 is 6.71. The van der Waals surface area contributed by atoms with Crippen LogP contribution in [0.1, 0.15) is 17.2 Å². The van der Waals surface area contributed by atoms with Crippen LogP contribution in [0.15, 0.2) is 163 Å². The van der Waals surface area contributed by atoms with Crippen LogP contribution in [0.4, 0.5) is 0 Å². The van der Waals surface area contributed by atoms with Gasteiger partial charge in [-0.1, -0.05) is 127 Å². The molecule has 222 valence electrons. The molecule has 0 fully saturated rings. The summed E-state index contributed by atoms with van der Waals surface area (Å²) in [5.74, 6) is 2.75. The Bertz CT molecular complexity index is 2330. The van der Waals surface area contributed by atoms with Crippen LogP contribution in [-0.4, -0.2) is 21.1 Å². The number of hydrogen-bond acceptors (Lipinski definition) is 5. The van der Waals surface area contributed by atoms with E-state index in [-0.39, 0.29) is 12.1 Å². The van der Waals surface area contributed by atoms with Crippen LogP contribution in [0.5, 0.6) is 5.75 Å². The first-order valence-corrected chi connectivity index (χ1v) is 15.8. The first-order chi connectivity index (χ1) is 23.3. The zero-order valence-corrected chi connectivity index (χ0v) is 25.4. The van der Waals surface area contributed by atoms with Crippen LogP contribution in [0, 0.1) is 0 Å². The number of ether oxygens (including phenoxy) is 1. The Kier molecular flexibility index (Phi) is 6.53. The molecule has 5 heteroatoms. The molecule has 47 heavy (non-hydrogen) atoms. The molecule has 2 aliphatic rings. The van der Waals surface area contributed by atoms with Gasteiger partial charge in [-0.15, -0.1) is 0 Å². The fraction of sp³-hybridized carbons (Fsp3) is 0.0476. The third-order valence-electron chi connectivity index (χ3n) is 8.84. The Morgan fingerprint density at radius 1 is 0.426 bits per heavy atom. The molecule has 2 atom stereocenters. The molecule has 7 aromatic rings. The maximum absolute atomic E-state index is 6.71. The Morgan fingerprint density at radius 2 is 0.936 bits per heavy atom. The second-order valence-electron chi connectivity index (χ2n) is 11.8. The average molecular weight is 605 g/mol. The predicted molar refractivity (Wildman–Crippen MR) is 185 cm³/mol. The van der Waals surface area contributed by atoms with E-state index < -0.39 is 0 Å². The van der Waals surface area contributed by atoms with E-state index >= 15 is 0 Å². The van der Waals surface area contributed by atoms with Gasteiger partial charge in [-0.25, -0.2) is 15.0 Å². The third-order valence-corrected chi connectivity index (χ3v) is 8.84. The molecule has 0 amide bonds. The van der Waals surface area contributed by atoms with Crippen LogP contribution >= 0.6 is 0 Å². The van der Waals surface area contributed by atoms with Crippen molar-refractivity contribution in [2.75, 3.05) is 0 Å². The van der Waals surface area contributed by atoms with E-state index in [4.69, 9.17) is 24.7 Å². The molecular weight excluding hydrogens is 576 g/mol. The third kappa shape index (κ3) is 4.89. The molecule has 5 nitrogen and oxygen atoms in total. The molecule has 2 unspecified atom stereocenters. The Balaban J connectivity index is 1.30. The van der Waals surface area contributed by atoms with E-state index in [1.165, 1.54) is 0 Å². The second kappa shape index (κ2) is 11.3. The highest BCUT2D eigenvalue weighted by Crippen LogP contribution is 2.44. The van der Waals surface area contributed by atoms with Crippen molar-refractivity contribution in [2.45, 2.75) is 12.1 Å². The highest BCUT2D eigenvalue weighted by atomic mass is 16.5. The van der Waals surface area contributed by atoms with E-state index in [1.54, 1.807) is 0 Å². The molecule has 0 bridgehead atoms. The first-order valence-electron chi connectivity index (χ1n) is 15.8. The van der Waals surface area contributed by atoms with Gasteiger partial charge in [0.05, 0.1) is 5.36 Å². The summed E-state index contributed by atoms with van der Waals surface area (Å²) in [4.78, 5) is 20.3. The molecule has 2 aliphatic heterocycles. The number of nitrogens with zero attached hydrogens (tertiary/aromatic N) is 4. The van der Waals surface area contributed by atoms with Crippen LogP contribution < -0.4 is 15.3 Å². The maximum Gasteiger partial charge on any atom is 0.164 e. The minimum Gasteiger partial charge on any atom is -0.483 e. The quantitative estimate of drug-likeness (QED) is 0.201. The second-order valence-corrected chi connectivity index (χ2v) is 11.8. The number of aromatic nitrogens is 3. The van der Waals surface area contributed by atoms with Crippen molar-refractivity contribution in [1.29, 1.82) is 0 Å². The van der Waals surface area contributed by atoms with Crippen molar-refractivity contribution in [1.82, 2.24) is 15.0 Å². The lowest BCUT2D eigenvalue weighted by molar-refractivity contribution is 0.262. The molecule has 0 radical (unpaired) electrons. The van der Waals surface area contributed by atoms with Gasteiger partial charge in [-0.3, -0.25) is 4.99 Å². The van der Waals surface area contributed by atoms with Crippen molar-refractivity contribution >= 4 is 5.57 Å². The molecule has 1 aromatic heterocycles. The van der Waals surface area contributed by atoms with Gasteiger partial charge in [0.1, 0.15) is 11.8 Å². The number of para-hydroxylation sites is 2. The van der Waals surface area contributed by atoms with E-state index in [1.807, 2.05) is 78.9 Å². The summed E-state index contributed by atoms with van der Waals surface area (Å²) >= 11 is 0. The fourth-order valence-electron chi connectivity index (χ4n) is 6.63. The normalized spacial score (nSPS) is 16.0. The zero-order valence-electron chi connectivity index (χ0n) is 25.4. The summed E-state index contributed by atoms with van der Waals surface area (Å²) in [6, 6.07) is 53.8. The van der Waals surface area contributed by atoms with Crippen LogP contribution in [0.25, 0.3) is 50.9 Å². The van der Waals surface area contributed by atoms with E-state index in [9.17, 15) is 0 Å². The van der Waals surface area contributed by atoms with Gasteiger partial charge in [0.2, 0.25) is 0 Å². The fourth-order valence-corrected chi connectivity index (χ4v) is 6.63. The van der Waals surface area contributed by atoms with Crippen molar-refractivity contribution in [3.63, 3.8) is 0 Å². The lowest BCUT2D eigenvalue weighted by Gasteiger charge is -2.24. The van der Waals surface area contributed by atoms with Crippen LogP contribution in [0.3, 0.4) is 0 Å². The SMILES string of the molecule is c1ccc(-c2cc(C3=c4ccccc4=NC4c5ccccc5OC34)cc(-c3nc(-c4ccccc4)nc(-c4ccccc4)n3)c2)cc1. The molecule has 0 spiro atoms. The number of benzene rings is 6. The van der Waals surface area contributed by atoms with Crippen molar-refractivity contribution in [3.05, 3.63) is 179 Å². The molecule has 9 rings (SSSR count). The van der Waals surface area contributed by atoms with Crippen LogP contribution in [-0.2, 0) is 0 Å². The first kappa shape index (κ1) is 27.1. The molecule has 0 aliphatic carbocycles. The molecular formula is C42H28N4O. The maximum atomic E-state index is 6.71. The Labute approximate surface area is 272 Å². The summed E-state index contributed by atoms with van der Waals surface area (Å²) in [7, 11) is 0. The lowest BCUT2D eigenvalue weighted by Crippen LogP contribution is -2.39. The summed E-state index contributed by atoms with van der Waals surface area (Å²) in [5, 5.41) is 2.04. The van der Waals surface area contributed by atoms with Gasteiger partial charge in [0, 0.05) is 33.0 Å². The topological polar surface area (TPSA) is 60.3 Å². The Hall–Kier alpha value is -6.20.